The van der Waals surface area contributed by atoms with Crippen molar-refractivity contribution in [2.75, 3.05) is 18.0 Å². The lowest BCUT2D eigenvalue weighted by Gasteiger charge is -2.22. The van der Waals surface area contributed by atoms with Crippen LogP contribution in [0.15, 0.2) is 59.5 Å². The Bertz CT molecular complexity index is 566. The van der Waals surface area contributed by atoms with Gasteiger partial charge in [-0.1, -0.05) is 36.4 Å². The van der Waals surface area contributed by atoms with E-state index in [0.717, 1.165) is 30.6 Å². The Morgan fingerprint density at radius 3 is 2.43 bits per heavy atom. The van der Waals surface area contributed by atoms with Crippen LogP contribution in [0.4, 0.5) is 5.69 Å². The molecule has 2 N–H and O–H groups in total. The van der Waals surface area contributed by atoms with Crippen molar-refractivity contribution < 1.29 is 0 Å². The molecule has 0 unspecified atom stereocenters. The van der Waals surface area contributed by atoms with Crippen molar-refractivity contribution in [1.82, 2.24) is 4.90 Å². The van der Waals surface area contributed by atoms with Crippen LogP contribution in [0.3, 0.4) is 0 Å². The first-order chi connectivity index (χ1) is 10.3. The minimum atomic E-state index is 0.765. The highest BCUT2D eigenvalue weighted by Crippen LogP contribution is 2.30. The van der Waals surface area contributed by atoms with Gasteiger partial charge in [0, 0.05) is 35.5 Å². The minimum absolute atomic E-state index is 0.765. The first-order valence-electron chi connectivity index (χ1n) is 7.58. The molecule has 0 radical (unpaired) electrons. The molecular formula is C18H22N2S. The summed E-state index contributed by atoms with van der Waals surface area (Å²) in [5.41, 5.74) is 8.25. The monoisotopic (exact) mass is 298 g/mol. The van der Waals surface area contributed by atoms with Crippen LogP contribution in [0, 0.1) is 0 Å². The maximum absolute atomic E-state index is 6.08. The summed E-state index contributed by atoms with van der Waals surface area (Å²) in [7, 11) is 0. The molecule has 1 fully saturated rings. The lowest BCUT2D eigenvalue weighted by molar-refractivity contribution is 0.272. The van der Waals surface area contributed by atoms with Gasteiger partial charge in [0.2, 0.25) is 0 Å². The molecule has 1 aliphatic carbocycles. The van der Waals surface area contributed by atoms with E-state index in [1.165, 1.54) is 23.3 Å². The largest absolute Gasteiger partial charge is 0.398 e. The maximum atomic E-state index is 6.08. The Labute approximate surface area is 131 Å². The van der Waals surface area contributed by atoms with Gasteiger partial charge in [-0.2, -0.15) is 0 Å². The normalized spacial score (nSPS) is 14.5. The third-order valence-corrected chi connectivity index (χ3v) is 4.87. The fraction of sp³-hybridized carbons (Fsp3) is 0.333. The van der Waals surface area contributed by atoms with Crippen LogP contribution in [0.1, 0.15) is 18.4 Å². The number of nitrogen functional groups attached to an aromatic ring is 1. The minimum Gasteiger partial charge on any atom is -0.398 e. The molecule has 1 aliphatic rings. The molecule has 1 saturated carbocycles. The van der Waals surface area contributed by atoms with Crippen LogP contribution in [-0.4, -0.2) is 23.2 Å². The molecule has 0 bridgehead atoms. The standard InChI is InChI=1S/C18H22N2S/c19-18-9-5-4-6-15(18)14-20(16-10-11-16)12-13-21-17-7-2-1-3-8-17/h1-9,16H,10-14,19H2. The van der Waals surface area contributed by atoms with Gasteiger partial charge in [-0.25, -0.2) is 0 Å². The van der Waals surface area contributed by atoms with Crippen LogP contribution in [0.2, 0.25) is 0 Å². The third-order valence-electron chi connectivity index (χ3n) is 3.88. The molecule has 3 rings (SSSR count). The zero-order chi connectivity index (χ0) is 14.5. The van der Waals surface area contributed by atoms with Crippen molar-refractivity contribution in [3.63, 3.8) is 0 Å². The highest BCUT2D eigenvalue weighted by Gasteiger charge is 2.28. The smallest absolute Gasteiger partial charge is 0.0359 e. The fourth-order valence-electron chi connectivity index (χ4n) is 2.52. The number of nitrogens with two attached hydrogens (primary N) is 1. The van der Waals surface area contributed by atoms with E-state index in [1.54, 1.807) is 0 Å². The molecule has 0 spiro atoms. The molecule has 21 heavy (non-hydrogen) atoms. The molecule has 0 saturated heterocycles. The molecule has 3 heteroatoms. The van der Waals surface area contributed by atoms with E-state index < -0.39 is 0 Å². The molecule has 0 amide bonds. The zero-order valence-corrected chi connectivity index (χ0v) is 13.1. The molecule has 0 atom stereocenters. The molecule has 0 aliphatic heterocycles. The average Bonchev–Trinajstić information content (AvgIpc) is 3.34. The molecule has 2 aromatic rings. The molecular weight excluding hydrogens is 276 g/mol. The lowest BCUT2D eigenvalue weighted by atomic mass is 10.1. The van der Waals surface area contributed by atoms with Crippen LogP contribution >= 0.6 is 11.8 Å². The van der Waals surface area contributed by atoms with Gasteiger partial charge in [0.05, 0.1) is 0 Å². The number of benzene rings is 2. The van der Waals surface area contributed by atoms with Crippen LogP contribution in [-0.2, 0) is 6.54 Å². The van der Waals surface area contributed by atoms with Gasteiger partial charge in [-0.05, 0) is 36.6 Å². The quantitative estimate of drug-likeness (QED) is 0.618. The summed E-state index contributed by atoms with van der Waals surface area (Å²) in [5.74, 6) is 1.13. The van der Waals surface area contributed by atoms with E-state index >= 15 is 0 Å². The molecule has 0 heterocycles. The number of anilines is 1. The predicted octanol–water partition coefficient (Wildman–Crippen LogP) is 4.03. The van der Waals surface area contributed by atoms with E-state index in [4.69, 9.17) is 5.73 Å². The first-order valence-corrected chi connectivity index (χ1v) is 8.57. The van der Waals surface area contributed by atoms with Crippen molar-refractivity contribution in [1.29, 1.82) is 0 Å². The summed E-state index contributed by atoms with van der Waals surface area (Å²) in [4.78, 5) is 3.94. The number of nitrogens with zero attached hydrogens (tertiary/aromatic N) is 1. The van der Waals surface area contributed by atoms with Gasteiger partial charge < -0.3 is 5.73 Å². The Hall–Kier alpha value is -1.45. The van der Waals surface area contributed by atoms with Crippen molar-refractivity contribution in [3.05, 3.63) is 60.2 Å². The predicted molar refractivity (Wildman–Crippen MR) is 91.5 cm³/mol. The number of rotatable bonds is 7. The van der Waals surface area contributed by atoms with E-state index in [-0.39, 0.29) is 0 Å². The highest BCUT2D eigenvalue weighted by molar-refractivity contribution is 7.99. The maximum Gasteiger partial charge on any atom is 0.0359 e. The summed E-state index contributed by atoms with van der Waals surface area (Å²) in [5, 5.41) is 0. The van der Waals surface area contributed by atoms with Gasteiger partial charge in [0.25, 0.3) is 0 Å². The summed E-state index contributed by atoms with van der Waals surface area (Å²) >= 11 is 1.94. The highest BCUT2D eigenvalue weighted by atomic mass is 32.2. The Kier molecular flexibility index (Phi) is 4.84. The van der Waals surface area contributed by atoms with Crippen LogP contribution in [0.5, 0.6) is 0 Å². The van der Waals surface area contributed by atoms with E-state index in [0.29, 0.717) is 0 Å². The summed E-state index contributed by atoms with van der Waals surface area (Å²) in [6.45, 7) is 2.10. The number of hydrogen-bond donors (Lipinski definition) is 1. The molecule has 2 nitrogen and oxygen atoms in total. The second-order valence-electron chi connectivity index (χ2n) is 5.56. The lowest BCUT2D eigenvalue weighted by Crippen LogP contribution is -2.28. The van der Waals surface area contributed by atoms with Crippen molar-refractivity contribution in [2.24, 2.45) is 0 Å². The molecule has 0 aromatic heterocycles. The van der Waals surface area contributed by atoms with Gasteiger partial charge >= 0.3 is 0 Å². The van der Waals surface area contributed by atoms with Gasteiger partial charge in [0.15, 0.2) is 0 Å². The first kappa shape index (κ1) is 14.5. The summed E-state index contributed by atoms with van der Waals surface area (Å²) in [6, 6.07) is 19.6. The number of hydrogen-bond acceptors (Lipinski definition) is 3. The summed E-state index contributed by atoms with van der Waals surface area (Å²) < 4.78 is 0. The number of thioether (sulfide) groups is 1. The summed E-state index contributed by atoms with van der Waals surface area (Å²) in [6.07, 6.45) is 2.67. The van der Waals surface area contributed by atoms with Gasteiger partial charge in [-0.3, -0.25) is 4.90 Å². The van der Waals surface area contributed by atoms with E-state index in [9.17, 15) is 0 Å². The van der Waals surface area contributed by atoms with Crippen LogP contribution < -0.4 is 5.73 Å². The van der Waals surface area contributed by atoms with E-state index in [2.05, 4.69) is 47.4 Å². The Morgan fingerprint density at radius 2 is 1.71 bits per heavy atom. The van der Waals surface area contributed by atoms with Crippen LogP contribution in [0.25, 0.3) is 0 Å². The molecule has 110 valence electrons. The Balaban J connectivity index is 1.54. The Morgan fingerprint density at radius 1 is 1.00 bits per heavy atom. The zero-order valence-electron chi connectivity index (χ0n) is 12.2. The van der Waals surface area contributed by atoms with E-state index in [1.807, 2.05) is 23.9 Å². The fourth-order valence-corrected chi connectivity index (χ4v) is 3.44. The second kappa shape index (κ2) is 7.01. The molecule has 2 aromatic carbocycles. The van der Waals surface area contributed by atoms with Crippen molar-refractivity contribution in [2.45, 2.75) is 30.3 Å². The second-order valence-corrected chi connectivity index (χ2v) is 6.73. The van der Waals surface area contributed by atoms with Gasteiger partial charge in [0.1, 0.15) is 0 Å². The van der Waals surface area contributed by atoms with Crippen molar-refractivity contribution in [3.8, 4) is 0 Å². The van der Waals surface area contributed by atoms with Gasteiger partial charge in [-0.15, -0.1) is 11.8 Å². The average molecular weight is 298 g/mol. The number of para-hydroxylation sites is 1. The van der Waals surface area contributed by atoms with Crippen molar-refractivity contribution >= 4 is 17.4 Å². The third kappa shape index (κ3) is 4.26. The topological polar surface area (TPSA) is 29.3 Å². The SMILES string of the molecule is Nc1ccccc1CN(CCSc1ccccc1)C1CC1.